The van der Waals surface area contributed by atoms with E-state index in [-0.39, 0.29) is 5.69 Å². The average molecular weight is 249 g/mol. The Morgan fingerprint density at radius 3 is 2.78 bits per heavy atom. The number of para-hydroxylation sites is 1. The highest BCUT2D eigenvalue weighted by Gasteiger charge is 2.22. The van der Waals surface area contributed by atoms with Crippen LogP contribution in [-0.4, -0.2) is 44.9 Å². The number of aromatic amines is 1. The molecule has 94 valence electrons. The zero-order valence-electron chi connectivity index (χ0n) is 9.25. The van der Waals surface area contributed by atoms with Crippen molar-refractivity contribution in [3.8, 4) is 0 Å². The molecule has 2 rings (SSSR count). The number of nitrogens with zero attached hydrogens (tertiary/aromatic N) is 1. The molecule has 2 aromatic rings. The van der Waals surface area contributed by atoms with Crippen LogP contribution in [0.2, 0.25) is 0 Å². The molecule has 1 amide bonds. The maximum absolute atomic E-state index is 11.8. The van der Waals surface area contributed by atoms with E-state index in [0.29, 0.717) is 10.9 Å². The molecule has 1 aromatic heterocycles. The molecule has 0 saturated heterocycles. The fraction of sp³-hybridized carbons (Fsp3) is 0.182. The van der Waals surface area contributed by atoms with E-state index in [0.717, 1.165) is 0 Å². The smallest absolute Gasteiger partial charge is 0.328 e. The summed E-state index contributed by atoms with van der Waals surface area (Å²) in [7, 11) is 0. The Hall–Kier alpha value is -2.41. The normalized spacial score (nSPS) is 12.3. The minimum atomic E-state index is -1.34. The van der Waals surface area contributed by atoms with Crippen molar-refractivity contribution in [2.24, 2.45) is 0 Å². The summed E-state index contributed by atoms with van der Waals surface area (Å²) in [6.45, 7) is -0.677. The van der Waals surface area contributed by atoms with Gasteiger partial charge in [-0.3, -0.25) is 9.89 Å². The molecule has 1 atom stereocenters. The van der Waals surface area contributed by atoms with Crippen LogP contribution < -0.4 is 5.32 Å². The van der Waals surface area contributed by atoms with E-state index in [1.807, 2.05) is 0 Å². The van der Waals surface area contributed by atoms with Crippen LogP contribution in [0.5, 0.6) is 0 Å². The van der Waals surface area contributed by atoms with Gasteiger partial charge in [0.2, 0.25) is 0 Å². The number of carboxylic acid groups (broad SMARTS) is 1. The minimum Gasteiger partial charge on any atom is -0.480 e. The molecule has 1 aromatic carbocycles. The molecule has 0 radical (unpaired) electrons. The number of aromatic nitrogens is 2. The highest BCUT2D eigenvalue weighted by molar-refractivity contribution is 6.05. The van der Waals surface area contributed by atoms with Gasteiger partial charge in [0.05, 0.1) is 12.1 Å². The highest BCUT2D eigenvalue weighted by atomic mass is 16.4. The van der Waals surface area contributed by atoms with Crippen LogP contribution >= 0.6 is 0 Å². The summed E-state index contributed by atoms with van der Waals surface area (Å²) in [4.78, 5) is 22.5. The van der Waals surface area contributed by atoms with Gasteiger partial charge in [0, 0.05) is 5.39 Å². The zero-order valence-corrected chi connectivity index (χ0v) is 9.25. The van der Waals surface area contributed by atoms with Gasteiger partial charge in [0.15, 0.2) is 11.7 Å². The van der Waals surface area contributed by atoms with Gasteiger partial charge in [-0.15, -0.1) is 0 Å². The second-order valence-electron chi connectivity index (χ2n) is 3.66. The number of rotatable bonds is 4. The monoisotopic (exact) mass is 249 g/mol. The van der Waals surface area contributed by atoms with E-state index in [9.17, 15) is 9.59 Å². The Kier molecular flexibility index (Phi) is 3.24. The molecular weight excluding hydrogens is 238 g/mol. The molecule has 1 heterocycles. The van der Waals surface area contributed by atoms with E-state index in [1.165, 1.54) is 0 Å². The van der Waals surface area contributed by atoms with Gasteiger partial charge >= 0.3 is 5.97 Å². The van der Waals surface area contributed by atoms with Crippen molar-refractivity contribution in [3.63, 3.8) is 0 Å². The molecule has 0 spiro atoms. The Balaban J connectivity index is 2.26. The first-order valence-electron chi connectivity index (χ1n) is 5.21. The van der Waals surface area contributed by atoms with Crippen LogP contribution in [-0.2, 0) is 4.79 Å². The van der Waals surface area contributed by atoms with Crippen molar-refractivity contribution in [2.75, 3.05) is 6.61 Å². The van der Waals surface area contributed by atoms with E-state index in [2.05, 4.69) is 15.5 Å². The van der Waals surface area contributed by atoms with Gasteiger partial charge in [0.1, 0.15) is 0 Å². The summed E-state index contributed by atoms with van der Waals surface area (Å²) >= 11 is 0. The predicted octanol–water partition coefficient (Wildman–Crippen LogP) is -0.262. The van der Waals surface area contributed by atoms with Crippen molar-refractivity contribution in [3.05, 3.63) is 30.0 Å². The van der Waals surface area contributed by atoms with Crippen LogP contribution in [0.25, 0.3) is 10.9 Å². The number of carbonyl (C=O) groups is 2. The Bertz CT molecular complexity index is 593. The number of fused-ring (bicyclic) bond motifs is 1. The van der Waals surface area contributed by atoms with Crippen LogP contribution in [0.1, 0.15) is 10.5 Å². The first-order chi connectivity index (χ1) is 8.63. The standard InChI is InChI=1S/C11H11N3O4/c15-5-8(11(17)18)12-10(16)9-6-3-1-2-4-7(6)13-14-9/h1-4,8,15H,5H2,(H,12,16)(H,13,14)(H,17,18)/t8-/m0/s1. The molecule has 4 N–H and O–H groups in total. The number of aliphatic hydroxyl groups is 1. The molecule has 0 bridgehead atoms. The summed E-state index contributed by atoms with van der Waals surface area (Å²) in [6, 6.07) is 5.64. The van der Waals surface area contributed by atoms with E-state index >= 15 is 0 Å². The lowest BCUT2D eigenvalue weighted by molar-refractivity contribution is -0.140. The topological polar surface area (TPSA) is 115 Å². The largest absolute Gasteiger partial charge is 0.480 e. The first kappa shape index (κ1) is 12.1. The number of nitrogens with one attached hydrogen (secondary N) is 2. The third-order valence-electron chi connectivity index (χ3n) is 2.47. The third-order valence-corrected chi connectivity index (χ3v) is 2.47. The first-order valence-corrected chi connectivity index (χ1v) is 5.21. The maximum Gasteiger partial charge on any atom is 0.328 e. The quantitative estimate of drug-likeness (QED) is 0.595. The number of carbonyl (C=O) groups excluding carboxylic acids is 1. The summed E-state index contributed by atoms with van der Waals surface area (Å²) < 4.78 is 0. The fourth-order valence-corrected chi connectivity index (χ4v) is 1.55. The average Bonchev–Trinajstić information content (AvgIpc) is 2.79. The molecule has 0 aliphatic heterocycles. The summed E-state index contributed by atoms with van der Waals surface area (Å²) in [6.07, 6.45) is 0. The lowest BCUT2D eigenvalue weighted by Crippen LogP contribution is -2.43. The van der Waals surface area contributed by atoms with Gasteiger partial charge in [-0.1, -0.05) is 18.2 Å². The number of amides is 1. The third kappa shape index (κ3) is 2.16. The van der Waals surface area contributed by atoms with Crippen molar-refractivity contribution in [1.29, 1.82) is 0 Å². The van der Waals surface area contributed by atoms with Crippen LogP contribution in [0.4, 0.5) is 0 Å². The van der Waals surface area contributed by atoms with Crippen molar-refractivity contribution >= 4 is 22.8 Å². The van der Waals surface area contributed by atoms with Gasteiger partial charge < -0.3 is 15.5 Å². The Labute approximate surface area is 101 Å². The van der Waals surface area contributed by atoms with Gasteiger partial charge in [-0.2, -0.15) is 5.10 Å². The number of benzene rings is 1. The Morgan fingerprint density at radius 1 is 1.39 bits per heavy atom. The summed E-state index contributed by atoms with van der Waals surface area (Å²) in [5, 5.41) is 26.8. The maximum atomic E-state index is 11.8. The number of aliphatic hydroxyl groups excluding tert-OH is 1. The number of hydrogen-bond acceptors (Lipinski definition) is 4. The van der Waals surface area contributed by atoms with Crippen molar-refractivity contribution in [1.82, 2.24) is 15.5 Å². The number of hydrogen-bond donors (Lipinski definition) is 4. The predicted molar refractivity (Wildman–Crippen MR) is 62.1 cm³/mol. The van der Waals surface area contributed by atoms with Gasteiger partial charge in [-0.05, 0) is 6.07 Å². The second-order valence-corrected chi connectivity index (χ2v) is 3.66. The van der Waals surface area contributed by atoms with Crippen LogP contribution in [0.15, 0.2) is 24.3 Å². The van der Waals surface area contributed by atoms with Crippen molar-refractivity contribution < 1.29 is 19.8 Å². The van der Waals surface area contributed by atoms with Crippen LogP contribution in [0.3, 0.4) is 0 Å². The molecule has 7 heteroatoms. The molecule has 0 aliphatic rings. The van der Waals surface area contributed by atoms with Crippen molar-refractivity contribution in [2.45, 2.75) is 6.04 Å². The molecule has 0 fully saturated rings. The molecule has 18 heavy (non-hydrogen) atoms. The van der Waals surface area contributed by atoms with E-state index in [1.54, 1.807) is 24.3 Å². The number of aliphatic carboxylic acids is 1. The molecule has 0 unspecified atom stereocenters. The lowest BCUT2D eigenvalue weighted by atomic mass is 10.2. The lowest BCUT2D eigenvalue weighted by Gasteiger charge is -2.10. The number of carboxylic acids is 1. The molecule has 0 saturated carbocycles. The minimum absolute atomic E-state index is 0.102. The fourth-order valence-electron chi connectivity index (χ4n) is 1.55. The van der Waals surface area contributed by atoms with Crippen LogP contribution in [0, 0.1) is 0 Å². The molecule has 0 aliphatic carbocycles. The SMILES string of the molecule is O=C(N[C@@H](CO)C(=O)O)c1n[nH]c2ccccc12. The summed E-state index contributed by atoms with van der Waals surface area (Å²) in [5.41, 5.74) is 0.781. The Morgan fingerprint density at radius 2 is 2.11 bits per heavy atom. The zero-order chi connectivity index (χ0) is 13.1. The van der Waals surface area contributed by atoms with E-state index < -0.39 is 24.5 Å². The molecule has 7 nitrogen and oxygen atoms in total. The summed E-state index contributed by atoms with van der Waals surface area (Å²) in [5.74, 6) is -1.94. The number of H-pyrrole nitrogens is 1. The van der Waals surface area contributed by atoms with E-state index in [4.69, 9.17) is 10.2 Å². The second kappa shape index (κ2) is 4.84. The highest BCUT2D eigenvalue weighted by Crippen LogP contribution is 2.14. The van der Waals surface area contributed by atoms with Gasteiger partial charge in [-0.25, -0.2) is 4.79 Å². The molecular formula is C11H11N3O4. The van der Waals surface area contributed by atoms with Gasteiger partial charge in [0.25, 0.3) is 5.91 Å².